The van der Waals surface area contributed by atoms with E-state index in [1.54, 1.807) is 6.20 Å². The van der Waals surface area contributed by atoms with Gasteiger partial charge >= 0.3 is 0 Å². The lowest BCUT2D eigenvalue weighted by Gasteiger charge is -2.32. The Kier molecular flexibility index (Phi) is 6.18. The number of halogens is 1. The third kappa shape index (κ3) is 4.41. The summed E-state index contributed by atoms with van der Waals surface area (Å²) in [5.41, 5.74) is 6.52. The first kappa shape index (κ1) is 20.6. The average Bonchev–Trinajstić information content (AvgIpc) is 3.21. The number of aryl methyl sites for hydroxylation is 1. The predicted molar refractivity (Wildman–Crippen MR) is 120 cm³/mol. The van der Waals surface area contributed by atoms with E-state index in [9.17, 15) is 4.79 Å². The lowest BCUT2D eigenvalue weighted by Crippen LogP contribution is -2.52. The molecule has 6 nitrogen and oxygen atoms in total. The molecule has 0 unspecified atom stereocenters. The Morgan fingerprint density at radius 2 is 1.77 bits per heavy atom. The number of carbonyl (C=O) groups excluding carboxylic acids is 1. The van der Waals surface area contributed by atoms with E-state index in [0.717, 1.165) is 49.7 Å². The molecule has 1 fully saturated rings. The zero-order valence-corrected chi connectivity index (χ0v) is 18.1. The van der Waals surface area contributed by atoms with Gasteiger partial charge < -0.3 is 4.90 Å². The highest BCUT2D eigenvalue weighted by molar-refractivity contribution is 6.30. The fraction of sp³-hybridized carbons (Fsp3) is 0.304. The molecular formula is C23H26ClN5O. The molecule has 2 heterocycles. The molecule has 1 N–H and O–H groups in total. The van der Waals surface area contributed by atoms with Crippen LogP contribution < -0.4 is 5.43 Å². The maximum Gasteiger partial charge on any atom is 0.285 e. The number of piperazine rings is 1. The van der Waals surface area contributed by atoms with Crippen LogP contribution in [0, 0.1) is 0 Å². The minimum Gasteiger partial charge on any atom is -0.304 e. The first-order valence-electron chi connectivity index (χ1n) is 10.2. The number of imidazole rings is 1. The number of hydrazine groups is 1. The van der Waals surface area contributed by atoms with Gasteiger partial charge in [0.2, 0.25) is 0 Å². The maximum absolute atomic E-state index is 13.0. The van der Waals surface area contributed by atoms with Crippen molar-refractivity contribution in [3.63, 3.8) is 0 Å². The molecule has 1 aliphatic rings. The summed E-state index contributed by atoms with van der Waals surface area (Å²) in [4.78, 5) is 20.0. The van der Waals surface area contributed by atoms with Crippen molar-refractivity contribution in [3.05, 3.63) is 71.0 Å². The fourth-order valence-electron chi connectivity index (χ4n) is 3.64. The van der Waals surface area contributed by atoms with Crippen molar-refractivity contribution in [2.24, 2.45) is 0 Å². The summed E-state index contributed by atoms with van der Waals surface area (Å²) in [6.45, 7) is 5.57. The summed E-state index contributed by atoms with van der Waals surface area (Å²) in [6.07, 6.45) is 2.68. The molecule has 1 aliphatic heterocycles. The smallest absolute Gasteiger partial charge is 0.285 e. The third-order valence-corrected chi connectivity index (χ3v) is 5.70. The largest absolute Gasteiger partial charge is 0.304 e. The number of aromatic nitrogens is 2. The van der Waals surface area contributed by atoms with Crippen molar-refractivity contribution in [3.8, 4) is 17.1 Å². The van der Waals surface area contributed by atoms with E-state index < -0.39 is 0 Å². The molecule has 1 saturated heterocycles. The van der Waals surface area contributed by atoms with Gasteiger partial charge in [-0.25, -0.2) is 9.99 Å². The molecule has 30 heavy (non-hydrogen) atoms. The van der Waals surface area contributed by atoms with Crippen molar-refractivity contribution in [1.82, 2.24) is 24.9 Å². The van der Waals surface area contributed by atoms with Gasteiger partial charge in [-0.1, -0.05) is 42.8 Å². The van der Waals surface area contributed by atoms with Gasteiger partial charge in [-0.3, -0.25) is 14.8 Å². The van der Waals surface area contributed by atoms with E-state index in [1.165, 1.54) is 5.56 Å². The van der Waals surface area contributed by atoms with Crippen molar-refractivity contribution in [2.75, 3.05) is 33.2 Å². The standard InChI is InChI=1S/C23H26ClN5O/c1-3-17-6-4-5-7-20(17)22-25-21(16-29(22)19-10-8-18(24)9-11-19)23(30)26-28-14-12-27(2)13-15-28/h4-11,16H,3,12-15H2,1-2H3,(H,26,30). The summed E-state index contributed by atoms with van der Waals surface area (Å²) >= 11 is 6.08. The number of rotatable bonds is 5. The Labute approximate surface area is 182 Å². The van der Waals surface area contributed by atoms with Crippen molar-refractivity contribution < 1.29 is 4.79 Å². The quantitative estimate of drug-likeness (QED) is 0.680. The van der Waals surface area contributed by atoms with E-state index in [4.69, 9.17) is 16.6 Å². The minimum absolute atomic E-state index is 0.192. The molecule has 3 aromatic rings. The summed E-state index contributed by atoms with van der Waals surface area (Å²) in [5.74, 6) is 0.556. The van der Waals surface area contributed by atoms with Crippen LogP contribution in [0.15, 0.2) is 54.7 Å². The number of carbonyl (C=O) groups is 1. The van der Waals surface area contributed by atoms with Gasteiger partial charge in [0.15, 0.2) is 0 Å². The van der Waals surface area contributed by atoms with Gasteiger partial charge in [0.25, 0.3) is 5.91 Å². The van der Waals surface area contributed by atoms with E-state index in [0.29, 0.717) is 10.7 Å². The highest BCUT2D eigenvalue weighted by Gasteiger charge is 2.21. The number of hydrogen-bond acceptors (Lipinski definition) is 4. The lowest BCUT2D eigenvalue weighted by molar-refractivity contribution is 0.0658. The van der Waals surface area contributed by atoms with Crippen LogP contribution in [0.1, 0.15) is 23.0 Å². The van der Waals surface area contributed by atoms with Gasteiger partial charge in [0, 0.05) is 48.6 Å². The number of amides is 1. The summed E-state index contributed by atoms with van der Waals surface area (Å²) < 4.78 is 1.96. The normalized spacial score (nSPS) is 15.3. The molecular weight excluding hydrogens is 398 g/mol. The zero-order chi connectivity index (χ0) is 21.1. The van der Waals surface area contributed by atoms with Crippen LogP contribution in [0.25, 0.3) is 17.1 Å². The Morgan fingerprint density at radius 3 is 2.47 bits per heavy atom. The van der Waals surface area contributed by atoms with Crippen LogP contribution in [0.4, 0.5) is 0 Å². The molecule has 0 atom stereocenters. The molecule has 0 saturated carbocycles. The van der Waals surface area contributed by atoms with Gasteiger partial charge in [0.05, 0.1) is 0 Å². The Hall–Kier alpha value is -2.67. The average molecular weight is 424 g/mol. The first-order chi connectivity index (χ1) is 14.5. The van der Waals surface area contributed by atoms with Crippen LogP contribution in [0.3, 0.4) is 0 Å². The molecule has 1 aromatic heterocycles. The SMILES string of the molecule is CCc1ccccc1-c1nc(C(=O)NN2CCN(C)CC2)cn1-c1ccc(Cl)cc1. The lowest BCUT2D eigenvalue weighted by atomic mass is 10.0. The van der Waals surface area contributed by atoms with E-state index in [1.807, 2.05) is 46.0 Å². The number of benzene rings is 2. The maximum atomic E-state index is 13.0. The van der Waals surface area contributed by atoms with Crippen molar-refractivity contribution in [2.45, 2.75) is 13.3 Å². The van der Waals surface area contributed by atoms with E-state index in [2.05, 4.69) is 36.4 Å². The molecule has 2 aromatic carbocycles. The highest BCUT2D eigenvalue weighted by Crippen LogP contribution is 2.27. The zero-order valence-electron chi connectivity index (χ0n) is 17.3. The second-order valence-electron chi connectivity index (χ2n) is 7.54. The van der Waals surface area contributed by atoms with Crippen molar-refractivity contribution in [1.29, 1.82) is 0 Å². The van der Waals surface area contributed by atoms with Crippen LogP contribution in [0.2, 0.25) is 5.02 Å². The number of nitrogens with zero attached hydrogens (tertiary/aromatic N) is 4. The van der Waals surface area contributed by atoms with Crippen LogP contribution in [-0.2, 0) is 6.42 Å². The molecule has 156 valence electrons. The van der Waals surface area contributed by atoms with Crippen LogP contribution in [-0.4, -0.2) is 58.6 Å². The number of hydrogen-bond donors (Lipinski definition) is 1. The molecule has 0 bridgehead atoms. The summed E-state index contributed by atoms with van der Waals surface area (Å²) in [7, 11) is 2.09. The van der Waals surface area contributed by atoms with Crippen LogP contribution in [0.5, 0.6) is 0 Å². The van der Waals surface area contributed by atoms with Gasteiger partial charge in [0.1, 0.15) is 11.5 Å². The monoisotopic (exact) mass is 423 g/mol. The molecule has 0 aliphatic carbocycles. The van der Waals surface area contributed by atoms with Gasteiger partial charge in [-0.05, 0) is 43.3 Å². The molecule has 0 radical (unpaired) electrons. The molecule has 7 heteroatoms. The second-order valence-corrected chi connectivity index (χ2v) is 7.97. The highest BCUT2D eigenvalue weighted by atomic mass is 35.5. The fourth-order valence-corrected chi connectivity index (χ4v) is 3.77. The molecule has 0 spiro atoms. The van der Waals surface area contributed by atoms with Gasteiger partial charge in [-0.2, -0.15) is 0 Å². The van der Waals surface area contributed by atoms with Crippen LogP contribution >= 0.6 is 11.6 Å². The third-order valence-electron chi connectivity index (χ3n) is 5.45. The Balaban J connectivity index is 1.70. The molecule has 4 rings (SSSR count). The minimum atomic E-state index is -0.192. The Bertz CT molecular complexity index is 1020. The number of likely N-dealkylation sites (N-methyl/N-ethyl adjacent to an activating group) is 1. The first-order valence-corrected chi connectivity index (χ1v) is 10.6. The number of nitrogens with one attached hydrogen (secondary N) is 1. The predicted octanol–water partition coefficient (Wildman–Crippen LogP) is 3.65. The summed E-state index contributed by atoms with van der Waals surface area (Å²) in [5, 5.41) is 2.63. The van der Waals surface area contributed by atoms with E-state index >= 15 is 0 Å². The van der Waals surface area contributed by atoms with Crippen molar-refractivity contribution >= 4 is 17.5 Å². The molecule has 1 amide bonds. The summed E-state index contributed by atoms with van der Waals surface area (Å²) in [6, 6.07) is 15.7. The van der Waals surface area contributed by atoms with E-state index in [-0.39, 0.29) is 5.91 Å². The van der Waals surface area contributed by atoms with Gasteiger partial charge in [-0.15, -0.1) is 0 Å². The topological polar surface area (TPSA) is 53.4 Å². The Morgan fingerprint density at radius 1 is 1.07 bits per heavy atom. The second kappa shape index (κ2) is 9.00.